The second kappa shape index (κ2) is 8.76. The highest BCUT2D eigenvalue weighted by Gasteiger charge is 2.68. The summed E-state index contributed by atoms with van der Waals surface area (Å²) in [5.74, 6) is 0.292. The summed E-state index contributed by atoms with van der Waals surface area (Å²) in [5, 5.41) is 11.2. The molecule has 4 aliphatic rings. The smallest absolute Gasteiger partial charge is 0.302 e. The van der Waals surface area contributed by atoms with Gasteiger partial charge in [0.1, 0.15) is 11.9 Å². The molecule has 7 nitrogen and oxygen atoms in total. The lowest BCUT2D eigenvalue weighted by Gasteiger charge is -2.55. The molecule has 0 aromatic heterocycles. The molecule has 5 rings (SSSR count). The molecule has 7 heteroatoms. The first-order valence-corrected chi connectivity index (χ1v) is 12.2. The van der Waals surface area contributed by atoms with E-state index in [1.165, 1.54) is 6.92 Å². The third kappa shape index (κ3) is 3.66. The number of aliphatic hydroxyl groups is 1. The molecule has 3 aliphatic heterocycles. The number of hydrogen-bond donors (Lipinski definition) is 1. The molecule has 0 unspecified atom stereocenters. The maximum Gasteiger partial charge on any atom is 0.302 e. The predicted molar refractivity (Wildman–Crippen MR) is 124 cm³/mol. The van der Waals surface area contributed by atoms with Crippen LogP contribution in [0, 0.1) is 11.3 Å². The molecule has 1 amide bonds. The Bertz CT molecular complexity index is 931. The number of fused-ring (bicyclic) bond motifs is 2. The zero-order valence-electron chi connectivity index (χ0n) is 19.5. The van der Waals surface area contributed by atoms with E-state index in [4.69, 9.17) is 9.47 Å². The van der Waals surface area contributed by atoms with Crippen molar-refractivity contribution in [2.24, 2.45) is 11.3 Å². The molecule has 0 radical (unpaired) electrons. The maximum absolute atomic E-state index is 14.4. The van der Waals surface area contributed by atoms with Crippen molar-refractivity contribution in [3.63, 3.8) is 0 Å². The zero-order chi connectivity index (χ0) is 23.2. The Morgan fingerprint density at radius 2 is 1.97 bits per heavy atom. The number of esters is 1. The molecule has 1 aliphatic carbocycles. The molecule has 1 N–H and O–H groups in total. The van der Waals surface area contributed by atoms with E-state index in [9.17, 15) is 14.7 Å². The van der Waals surface area contributed by atoms with Crippen LogP contribution in [-0.2, 0) is 14.3 Å². The first-order valence-electron chi connectivity index (χ1n) is 12.2. The van der Waals surface area contributed by atoms with Gasteiger partial charge in [-0.3, -0.25) is 14.5 Å². The van der Waals surface area contributed by atoms with Crippen molar-refractivity contribution < 1.29 is 24.2 Å². The number of rotatable bonds is 3. The van der Waals surface area contributed by atoms with Crippen LogP contribution in [0.25, 0.3) is 0 Å². The maximum atomic E-state index is 14.4. The van der Waals surface area contributed by atoms with Crippen molar-refractivity contribution in [1.29, 1.82) is 0 Å². The monoisotopic (exact) mass is 454 g/mol. The summed E-state index contributed by atoms with van der Waals surface area (Å²) in [5.41, 5.74) is 0.0568. The highest BCUT2D eigenvalue weighted by Crippen LogP contribution is 2.58. The molecule has 1 aromatic carbocycles. The van der Waals surface area contributed by atoms with Crippen molar-refractivity contribution in [3.8, 4) is 5.75 Å². The van der Waals surface area contributed by atoms with Crippen molar-refractivity contribution in [2.45, 2.75) is 69.7 Å². The van der Waals surface area contributed by atoms with E-state index >= 15 is 0 Å². The van der Waals surface area contributed by atoms with Crippen LogP contribution in [-0.4, -0.2) is 66.4 Å². The fourth-order valence-corrected chi connectivity index (χ4v) is 6.95. The minimum atomic E-state index is -0.782. The van der Waals surface area contributed by atoms with E-state index in [-0.39, 0.29) is 29.9 Å². The number of carbonyl (C=O) groups excluding carboxylic acids is 2. The number of anilines is 1. The van der Waals surface area contributed by atoms with Gasteiger partial charge >= 0.3 is 5.97 Å². The standard InChI is InChI=1S/C26H34N2O5/c1-17(29)33-23-15-22(30)21-12-14-28(18-8-10-20(32-2)11-9-18)25(31)26(21)16-19-7-5-3-4-6-13-27(19)24(23)26/h5,7-11,19,21-24,30H,3-4,6,12-16H2,1-2H3/b7-5-/t19-,21-,22-,23+,24-,26-/m0/s1. The van der Waals surface area contributed by atoms with E-state index < -0.39 is 17.6 Å². The first-order chi connectivity index (χ1) is 16.0. The van der Waals surface area contributed by atoms with Crippen LogP contribution in [0.5, 0.6) is 5.75 Å². The molecule has 1 saturated carbocycles. The molecule has 33 heavy (non-hydrogen) atoms. The molecular formula is C26H34N2O5. The summed E-state index contributed by atoms with van der Waals surface area (Å²) < 4.78 is 11.1. The molecule has 0 bridgehead atoms. The Labute approximate surface area is 195 Å². The quantitative estimate of drug-likeness (QED) is 0.559. The van der Waals surface area contributed by atoms with Gasteiger partial charge in [0.2, 0.25) is 5.91 Å². The fourth-order valence-electron chi connectivity index (χ4n) is 6.95. The van der Waals surface area contributed by atoms with E-state index in [2.05, 4.69) is 17.1 Å². The molecule has 6 atom stereocenters. The van der Waals surface area contributed by atoms with Gasteiger partial charge in [-0.25, -0.2) is 0 Å². The van der Waals surface area contributed by atoms with Gasteiger partial charge in [0.15, 0.2) is 0 Å². The second-order valence-electron chi connectivity index (χ2n) is 9.92. The minimum absolute atomic E-state index is 0.0463. The van der Waals surface area contributed by atoms with Crippen LogP contribution in [0.2, 0.25) is 0 Å². The number of ether oxygens (including phenoxy) is 2. The number of methoxy groups -OCH3 is 1. The molecular weight excluding hydrogens is 420 g/mol. The topological polar surface area (TPSA) is 79.3 Å². The Hall–Kier alpha value is -2.38. The van der Waals surface area contributed by atoms with Gasteiger partial charge in [-0.15, -0.1) is 0 Å². The van der Waals surface area contributed by atoms with Crippen LogP contribution >= 0.6 is 0 Å². The lowest BCUT2D eigenvalue weighted by Crippen LogP contribution is -2.68. The molecule has 2 saturated heterocycles. The summed E-state index contributed by atoms with van der Waals surface area (Å²) in [6, 6.07) is 7.47. The van der Waals surface area contributed by atoms with Crippen LogP contribution in [0.4, 0.5) is 5.69 Å². The molecule has 3 heterocycles. The molecule has 178 valence electrons. The van der Waals surface area contributed by atoms with Crippen LogP contribution in [0.15, 0.2) is 36.4 Å². The zero-order valence-corrected chi connectivity index (χ0v) is 19.5. The summed E-state index contributed by atoms with van der Waals surface area (Å²) in [6.45, 7) is 2.86. The van der Waals surface area contributed by atoms with Crippen molar-refractivity contribution in [2.75, 3.05) is 25.1 Å². The van der Waals surface area contributed by atoms with E-state index in [1.807, 2.05) is 29.2 Å². The Kier molecular flexibility index (Phi) is 5.95. The Morgan fingerprint density at radius 1 is 1.18 bits per heavy atom. The normalized spacial score (nSPS) is 37.2. The number of nitrogens with zero attached hydrogens (tertiary/aromatic N) is 2. The van der Waals surface area contributed by atoms with Crippen molar-refractivity contribution in [3.05, 3.63) is 36.4 Å². The summed E-state index contributed by atoms with van der Waals surface area (Å²) >= 11 is 0. The number of piperidine rings is 1. The van der Waals surface area contributed by atoms with Crippen molar-refractivity contribution >= 4 is 17.6 Å². The number of allylic oxidation sites excluding steroid dienone is 1. The number of benzene rings is 1. The second-order valence-corrected chi connectivity index (χ2v) is 9.92. The SMILES string of the molecule is COc1ccc(N2CC[C@H]3[C@@H](O)C[C@@H](OC(C)=O)[C@@H]4N5CCCC/C=C\[C@H]5C[C@@]43C2=O)cc1. The van der Waals surface area contributed by atoms with E-state index in [0.717, 1.165) is 43.7 Å². The minimum Gasteiger partial charge on any atom is -0.497 e. The van der Waals surface area contributed by atoms with Crippen LogP contribution in [0.3, 0.4) is 0 Å². The third-order valence-electron chi connectivity index (χ3n) is 8.21. The van der Waals surface area contributed by atoms with Gasteiger partial charge in [-0.2, -0.15) is 0 Å². The average Bonchev–Trinajstić information content (AvgIpc) is 3.09. The summed E-state index contributed by atoms with van der Waals surface area (Å²) in [6.07, 6.45) is 8.28. The number of carbonyl (C=O) groups is 2. The van der Waals surface area contributed by atoms with Crippen LogP contribution in [0.1, 0.15) is 45.4 Å². The highest BCUT2D eigenvalue weighted by atomic mass is 16.5. The third-order valence-corrected chi connectivity index (χ3v) is 8.21. The van der Waals surface area contributed by atoms with Gasteiger partial charge in [-0.05, 0) is 62.9 Å². The summed E-state index contributed by atoms with van der Waals surface area (Å²) in [7, 11) is 1.63. The Morgan fingerprint density at radius 3 is 2.70 bits per heavy atom. The molecule has 1 spiro atoms. The fraction of sp³-hybridized carbons (Fsp3) is 0.615. The largest absolute Gasteiger partial charge is 0.497 e. The number of aliphatic hydroxyl groups excluding tert-OH is 1. The van der Waals surface area contributed by atoms with Gasteiger partial charge in [0, 0.05) is 37.5 Å². The van der Waals surface area contributed by atoms with Crippen LogP contribution < -0.4 is 9.64 Å². The van der Waals surface area contributed by atoms with E-state index in [0.29, 0.717) is 19.4 Å². The number of amides is 1. The first kappa shape index (κ1) is 22.4. The average molecular weight is 455 g/mol. The van der Waals surface area contributed by atoms with Gasteiger partial charge in [0.05, 0.1) is 24.7 Å². The highest BCUT2D eigenvalue weighted by molar-refractivity contribution is 6.00. The van der Waals surface area contributed by atoms with E-state index in [1.54, 1.807) is 7.11 Å². The van der Waals surface area contributed by atoms with Gasteiger partial charge in [0.25, 0.3) is 0 Å². The van der Waals surface area contributed by atoms with Gasteiger partial charge < -0.3 is 19.5 Å². The lowest BCUT2D eigenvalue weighted by molar-refractivity contribution is -0.176. The van der Waals surface area contributed by atoms with Gasteiger partial charge in [-0.1, -0.05) is 12.2 Å². The predicted octanol–water partition coefficient (Wildman–Crippen LogP) is 2.91. The van der Waals surface area contributed by atoms with Crippen molar-refractivity contribution in [1.82, 2.24) is 4.90 Å². The molecule has 3 fully saturated rings. The summed E-state index contributed by atoms with van der Waals surface area (Å²) in [4.78, 5) is 30.7. The number of hydrogen-bond acceptors (Lipinski definition) is 6. The Balaban J connectivity index is 1.58. The lowest BCUT2D eigenvalue weighted by atomic mass is 9.57. The molecule has 1 aromatic rings.